The molecule has 8 heteroatoms. The summed E-state index contributed by atoms with van der Waals surface area (Å²) in [4.78, 5) is 18.3. The fraction of sp³-hybridized carbons (Fsp3) is 0.368. The van der Waals surface area contributed by atoms with Gasteiger partial charge in [-0.25, -0.2) is 0 Å². The van der Waals surface area contributed by atoms with Gasteiger partial charge in [0, 0.05) is 44.3 Å². The Balaban J connectivity index is 0.00000364. The minimum atomic E-state index is -0.185. The van der Waals surface area contributed by atoms with Gasteiger partial charge >= 0.3 is 0 Å². The standard InChI is InChI=1S/C19H25ClN4O2.HI/c1-14-8-11-26-17(14)18(25)22-9-5-10-23-19(21-2)24(3)13-15-6-4-7-16(20)12-15;/h4,6-8,11-12H,5,9-10,13H2,1-3H3,(H,21,23)(H,22,25);1H. The Labute approximate surface area is 182 Å². The Morgan fingerprint density at radius 2 is 2.00 bits per heavy atom. The van der Waals surface area contributed by atoms with Gasteiger partial charge in [0.15, 0.2) is 11.7 Å². The fourth-order valence-corrected chi connectivity index (χ4v) is 2.76. The highest BCUT2D eigenvalue weighted by Crippen LogP contribution is 2.12. The minimum Gasteiger partial charge on any atom is -0.459 e. The molecule has 1 aromatic carbocycles. The van der Waals surface area contributed by atoms with Crippen molar-refractivity contribution in [2.24, 2.45) is 4.99 Å². The van der Waals surface area contributed by atoms with E-state index >= 15 is 0 Å². The number of furan rings is 1. The molecule has 0 atom stereocenters. The Morgan fingerprint density at radius 3 is 2.63 bits per heavy atom. The number of rotatable bonds is 7. The van der Waals surface area contributed by atoms with Gasteiger partial charge in [0.2, 0.25) is 0 Å². The Kier molecular flexibility index (Phi) is 10.2. The summed E-state index contributed by atoms with van der Waals surface area (Å²) in [5.74, 6) is 0.975. The summed E-state index contributed by atoms with van der Waals surface area (Å²) >= 11 is 6.03. The summed E-state index contributed by atoms with van der Waals surface area (Å²) in [5, 5.41) is 6.87. The summed E-state index contributed by atoms with van der Waals surface area (Å²) in [5.41, 5.74) is 1.95. The third kappa shape index (κ3) is 7.42. The summed E-state index contributed by atoms with van der Waals surface area (Å²) in [6.45, 7) is 3.80. The van der Waals surface area contributed by atoms with Crippen LogP contribution in [0, 0.1) is 6.92 Å². The van der Waals surface area contributed by atoms with Gasteiger partial charge in [-0.3, -0.25) is 9.79 Å². The van der Waals surface area contributed by atoms with Crippen LogP contribution in [-0.4, -0.2) is 44.0 Å². The molecule has 0 fully saturated rings. The van der Waals surface area contributed by atoms with Gasteiger partial charge in [0.1, 0.15) is 0 Å². The topological polar surface area (TPSA) is 69.9 Å². The van der Waals surface area contributed by atoms with Gasteiger partial charge < -0.3 is 20.0 Å². The van der Waals surface area contributed by atoms with Gasteiger partial charge in [-0.2, -0.15) is 0 Å². The van der Waals surface area contributed by atoms with Crippen molar-refractivity contribution in [2.45, 2.75) is 19.9 Å². The highest BCUT2D eigenvalue weighted by Gasteiger charge is 2.11. The van der Waals surface area contributed by atoms with Crippen molar-refractivity contribution in [1.29, 1.82) is 0 Å². The first-order chi connectivity index (χ1) is 12.5. The third-order valence-corrected chi connectivity index (χ3v) is 4.11. The van der Waals surface area contributed by atoms with E-state index in [1.165, 1.54) is 6.26 Å². The number of carbonyl (C=O) groups excluding carboxylic acids is 1. The molecule has 2 aromatic rings. The van der Waals surface area contributed by atoms with Crippen molar-refractivity contribution >= 4 is 47.4 Å². The molecule has 0 aliphatic heterocycles. The van der Waals surface area contributed by atoms with Crippen LogP contribution in [0.5, 0.6) is 0 Å². The molecule has 27 heavy (non-hydrogen) atoms. The number of aryl methyl sites for hydroxylation is 1. The Morgan fingerprint density at radius 1 is 1.26 bits per heavy atom. The van der Waals surface area contributed by atoms with Crippen molar-refractivity contribution < 1.29 is 9.21 Å². The molecule has 6 nitrogen and oxygen atoms in total. The molecule has 148 valence electrons. The normalized spacial score (nSPS) is 10.9. The Bertz CT molecular complexity index is 764. The average molecular weight is 505 g/mol. The van der Waals surface area contributed by atoms with Crippen LogP contribution in [0.2, 0.25) is 5.02 Å². The number of hydrogen-bond donors (Lipinski definition) is 2. The van der Waals surface area contributed by atoms with Gasteiger partial charge in [-0.1, -0.05) is 23.7 Å². The summed E-state index contributed by atoms with van der Waals surface area (Å²) in [6, 6.07) is 9.54. The fourth-order valence-electron chi connectivity index (χ4n) is 2.54. The first-order valence-corrected chi connectivity index (χ1v) is 8.87. The van der Waals surface area contributed by atoms with E-state index in [9.17, 15) is 4.79 Å². The van der Waals surface area contributed by atoms with E-state index < -0.39 is 0 Å². The van der Waals surface area contributed by atoms with Crippen LogP contribution in [0.25, 0.3) is 0 Å². The van der Waals surface area contributed by atoms with Gasteiger partial charge in [0.05, 0.1) is 6.26 Å². The highest BCUT2D eigenvalue weighted by atomic mass is 127. The van der Waals surface area contributed by atoms with Crippen molar-refractivity contribution in [3.63, 3.8) is 0 Å². The number of benzene rings is 1. The summed E-state index contributed by atoms with van der Waals surface area (Å²) in [7, 11) is 3.72. The monoisotopic (exact) mass is 504 g/mol. The maximum atomic E-state index is 12.0. The maximum Gasteiger partial charge on any atom is 0.287 e. The smallest absolute Gasteiger partial charge is 0.287 e. The van der Waals surface area contributed by atoms with E-state index in [0.717, 1.165) is 28.5 Å². The van der Waals surface area contributed by atoms with Gasteiger partial charge in [-0.15, -0.1) is 24.0 Å². The van der Waals surface area contributed by atoms with E-state index in [1.807, 2.05) is 43.1 Å². The van der Waals surface area contributed by atoms with Crippen LogP contribution in [0.15, 0.2) is 46.0 Å². The Hall–Kier alpha value is -1.74. The lowest BCUT2D eigenvalue weighted by atomic mass is 10.2. The van der Waals surface area contributed by atoms with Crippen molar-refractivity contribution in [2.75, 3.05) is 27.2 Å². The zero-order valence-electron chi connectivity index (χ0n) is 15.8. The lowest BCUT2D eigenvalue weighted by Crippen LogP contribution is -2.39. The lowest BCUT2D eigenvalue weighted by molar-refractivity contribution is 0.0925. The van der Waals surface area contributed by atoms with E-state index in [0.29, 0.717) is 25.4 Å². The first-order valence-electron chi connectivity index (χ1n) is 8.49. The van der Waals surface area contributed by atoms with Crippen LogP contribution < -0.4 is 10.6 Å². The van der Waals surface area contributed by atoms with E-state index in [1.54, 1.807) is 13.1 Å². The second kappa shape index (κ2) is 11.9. The molecule has 2 rings (SSSR count). The molecular weight excluding hydrogens is 479 g/mol. The number of halogens is 2. The number of carbonyl (C=O) groups is 1. The number of hydrogen-bond acceptors (Lipinski definition) is 3. The SMILES string of the molecule is CN=C(NCCCNC(=O)c1occc1C)N(C)Cc1cccc(Cl)c1.I. The molecule has 0 saturated carbocycles. The second-order valence-corrected chi connectivity index (χ2v) is 6.44. The lowest BCUT2D eigenvalue weighted by Gasteiger charge is -2.22. The third-order valence-electron chi connectivity index (χ3n) is 3.87. The van der Waals surface area contributed by atoms with Crippen molar-refractivity contribution in [3.05, 3.63) is 58.5 Å². The van der Waals surface area contributed by atoms with Crippen LogP contribution in [0.3, 0.4) is 0 Å². The minimum absolute atomic E-state index is 0. The molecular formula is C19H26ClIN4O2. The molecule has 0 aliphatic rings. The summed E-state index contributed by atoms with van der Waals surface area (Å²) < 4.78 is 5.17. The first kappa shape index (κ1) is 23.3. The van der Waals surface area contributed by atoms with Crippen LogP contribution in [0.1, 0.15) is 28.1 Å². The zero-order valence-corrected chi connectivity index (χ0v) is 18.9. The molecule has 0 spiro atoms. The quantitative estimate of drug-likeness (QED) is 0.261. The molecule has 0 saturated heterocycles. The predicted octanol–water partition coefficient (Wildman–Crippen LogP) is 3.69. The summed E-state index contributed by atoms with van der Waals surface area (Å²) in [6.07, 6.45) is 2.29. The van der Waals surface area contributed by atoms with E-state index in [2.05, 4.69) is 15.6 Å². The number of aliphatic imine (C=N–C) groups is 1. The molecule has 0 unspecified atom stereocenters. The molecule has 1 amide bonds. The van der Waals surface area contributed by atoms with Gasteiger partial charge in [-0.05, 0) is 37.1 Å². The number of nitrogens with zero attached hydrogens (tertiary/aromatic N) is 2. The van der Waals surface area contributed by atoms with Crippen LogP contribution in [-0.2, 0) is 6.54 Å². The molecule has 2 N–H and O–H groups in total. The second-order valence-electron chi connectivity index (χ2n) is 6.00. The van der Waals surface area contributed by atoms with Gasteiger partial charge in [0.25, 0.3) is 5.91 Å². The number of nitrogens with one attached hydrogen (secondary N) is 2. The molecule has 0 aliphatic carbocycles. The van der Waals surface area contributed by atoms with Crippen LogP contribution >= 0.6 is 35.6 Å². The predicted molar refractivity (Wildman–Crippen MR) is 120 cm³/mol. The highest BCUT2D eigenvalue weighted by molar-refractivity contribution is 14.0. The van der Waals surface area contributed by atoms with Crippen molar-refractivity contribution in [1.82, 2.24) is 15.5 Å². The number of amides is 1. The van der Waals surface area contributed by atoms with Crippen molar-refractivity contribution in [3.8, 4) is 0 Å². The molecule has 0 bridgehead atoms. The van der Waals surface area contributed by atoms with Crippen LogP contribution in [0.4, 0.5) is 0 Å². The molecule has 1 heterocycles. The molecule has 1 aromatic heterocycles. The number of guanidine groups is 1. The van der Waals surface area contributed by atoms with E-state index in [-0.39, 0.29) is 29.9 Å². The zero-order chi connectivity index (χ0) is 18.9. The maximum absolute atomic E-state index is 12.0. The van der Waals surface area contributed by atoms with E-state index in [4.69, 9.17) is 16.0 Å². The molecule has 0 radical (unpaired) electrons. The largest absolute Gasteiger partial charge is 0.459 e. The average Bonchev–Trinajstić information content (AvgIpc) is 3.04.